The first-order valence-corrected chi connectivity index (χ1v) is 11.9. The Morgan fingerprint density at radius 1 is 1.03 bits per heavy atom. The predicted octanol–water partition coefficient (Wildman–Crippen LogP) is 6.67. The summed E-state index contributed by atoms with van der Waals surface area (Å²) in [5.41, 5.74) is 5.48. The van der Waals surface area contributed by atoms with Gasteiger partial charge in [-0.3, -0.25) is 9.36 Å². The lowest BCUT2D eigenvalue weighted by Crippen LogP contribution is -2.28. The van der Waals surface area contributed by atoms with E-state index in [2.05, 4.69) is 13.0 Å². The van der Waals surface area contributed by atoms with Crippen molar-refractivity contribution < 1.29 is 0 Å². The fourth-order valence-corrected chi connectivity index (χ4v) is 4.42. The molecule has 0 unspecified atom stereocenters. The second kappa shape index (κ2) is 10.5. The molecule has 170 valence electrons. The van der Waals surface area contributed by atoms with E-state index in [4.69, 9.17) is 16.6 Å². The minimum Gasteiger partial charge on any atom is -0.269 e. The first-order chi connectivity index (χ1) is 16.5. The second-order valence-corrected chi connectivity index (χ2v) is 8.78. The Bertz CT molecular complexity index is 1420. The fourth-order valence-electron chi connectivity index (χ4n) is 4.23. The molecule has 0 saturated heterocycles. The maximum Gasteiger partial charge on any atom is 0.261 e. The van der Waals surface area contributed by atoms with Crippen molar-refractivity contribution in [1.82, 2.24) is 9.55 Å². The van der Waals surface area contributed by atoms with Crippen LogP contribution in [-0.4, -0.2) is 9.55 Å². The summed E-state index contributed by atoms with van der Waals surface area (Å²) < 4.78 is 1.63. The highest BCUT2D eigenvalue weighted by molar-refractivity contribution is 6.30. The largest absolute Gasteiger partial charge is 0.269 e. The van der Waals surface area contributed by atoms with Gasteiger partial charge in [0.25, 0.3) is 5.56 Å². The van der Waals surface area contributed by atoms with Crippen molar-refractivity contribution in [3.8, 4) is 22.9 Å². The third kappa shape index (κ3) is 4.95. The van der Waals surface area contributed by atoms with Crippen LogP contribution in [0.5, 0.6) is 0 Å². The molecule has 3 aromatic carbocycles. The molecule has 5 heteroatoms. The Morgan fingerprint density at radius 2 is 1.82 bits per heavy atom. The van der Waals surface area contributed by atoms with Crippen molar-refractivity contribution in [2.75, 3.05) is 0 Å². The van der Waals surface area contributed by atoms with Crippen molar-refractivity contribution in [1.29, 1.82) is 5.26 Å². The highest BCUT2D eigenvalue weighted by Gasteiger charge is 2.17. The van der Waals surface area contributed by atoms with Gasteiger partial charge >= 0.3 is 0 Å². The first-order valence-electron chi connectivity index (χ1n) is 11.5. The van der Waals surface area contributed by atoms with E-state index in [0.717, 1.165) is 41.6 Å². The SMILES string of the molecule is CCCCc1nc(C)n(-c2cccc(Cl)c2)c(=O)c1Cc1ccc(-c2ccccc2)c(C#N)c1. The van der Waals surface area contributed by atoms with Crippen LogP contribution in [0.3, 0.4) is 0 Å². The number of halogens is 1. The molecule has 4 nitrogen and oxygen atoms in total. The van der Waals surface area contributed by atoms with Gasteiger partial charge in [0, 0.05) is 17.0 Å². The van der Waals surface area contributed by atoms with Crippen molar-refractivity contribution in [3.63, 3.8) is 0 Å². The average Bonchev–Trinajstić information content (AvgIpc) is 2.85. The van der Waals surface area contributed by atoms with E-state index >= 15 is 0 Å². The van der Waals surface area contributed by atoms with E-state index in [9.17, 15) is 10.1 Å². The van der Waals surface area contributed by atoms with Crippen LogP contribution in [0.4, 0.5) is 0 Å². The summed E-state index contributed by atoms with van der Waals surface area (Å²) in [6, 6.07) is 25.3. The number of nitriles is 1. The summed E-state index contributed by atoms with van der Waals surface area (Å²) in [5.74, 6) is 0.638. The van der Waals surface area contributed by atoms with Gasteiger partial charge in [-0.15, -0.1) is 0 Å². The molecule has 1 aromatic heterocycles. The van der Waals surface area contributed by atoms with Crippen LogP contribution in [0.25, 0.3) is 16.8 Å². The van der Waals surface area contributed by atoms with Gasteiger partial charge in [-0.05, 0) is 60.7 Å². The van der Waals surface area contributed by atoms with Crippen LogP contribution < -0.4 is 5.56 Å². The number of nitrogens with zero attached hydrogens (tertiary/aromatic N) is 3. The van der Waals surface area contributed by atoms with Crippen LogP contribution >= 0.6 is 11.6 Å². The zero-order chi connectivity index (χ0) is 24.1. The number of hydrogen-bond acceptors (Lipinski definition) is 3. The molecule has 4 rings (SSSR count). The minimum atomic E-state index is -0.0912. The summed E-state index contributed by atoms with van der Waals surface area (Å²) in [4.78, 5) is 18.6. The lowest BCUT2D eigenvalue weighted by molar-refractivity contribution is 0.733. The highest BCUT2D eigenvalue weighted by Crippen LogP contribution is 2.25. The lowest BCUT2D eigenvalue weighted by Gasteiger charge is -2.16. The van der Waals surface area contributed by atoms with Crippen LogP contribution in [0, 0.1) is 18.3 Å². The molecule has 0 aliphatic rings. The molecule has 34 heavy (non-hydrogen) atoms. The Kier molecular flexibility index (Phi) is 7.25. The van der Waals surface area contributed by atoms with Gasteiger partial charge in [0.05, 0.1) is 23.0 Å². The van der Waals surface area contributed by atoms with Gasteiger partial charge in [-0.25, -0.2) is 4.98 Å². The van der Waals surface area contributed by atoms with Crippen molar-refractivity contribution in [3.05, 3.63) is 116 Å². The Morgan fingerprint density at radius 3 is 2.53 bits per heavy atom. The Hall–Kier alpha value is -3.68. The predicted molar refractivity (Wildman–Crippen MR) is 138 cm³/mol. The van der Waals surface area contributed by atoms with Gasteiger partial charge in [0.15, 0.2) is 0 Å². The van der Waals surface area contributed by atoms with E-state index in [-0.39, 0.29) is 5.56 Å². The molecule has 0 fully saturated rings. The van der Waals surface area contributed by atoms with Crippen molar-refractivity contribution in [2.45, 2.75) is 39.5 Å². The van der Waals surface area contributed by atoms with E-state index in [1.54, 1.807) is 16.7 Å². The molecule has 4 aromatic rings. The van der Waals surface area contributed by atoms with Gasteiger partial charge in [0.2, 0.25) is 0 Å². The molecule has 0 N–H and O–H groups in total. The molecule has 0 aliphatic heterocycles. The molecule has 0 atom stereocenters. The smallest absolute Gasteiger partial charge is 0.261 e. The summed E-state index contributed by atoms with van der Waals surface area (Å²) in [6.45, 7) is 3.98. The molecule has 0 bridgehead atoms. The Labute approximate surface area is 205 Å². The number of aryl methyl sites for hydroxylation is 2. The molecule has 0 saturated carbocycles. The second-order valence-electron chi connectivity index (χ2n) is 8.34. The zero-order valence-electron chi connectivity index (χ0n) is 19.4. The van der Waals surface area contributed by atoms with Crippen molar-refractivity contribution >= 4 is 11.6 Å². The highest BCUT2D eigenvalue weighted by atomic mass is 35.5. The van der Waals surface area contributed by atoms with Gasteiger partial charge in [0.1, 0.15) is 5.82 Å². The summed E-state index contributed by atoms with van der Waals surface area (Å²) in [5, 5.41) is 10.4. The van der Waals surface area contributed by atoms with Gasteiger partial charge in [-0.1, -0.05) is 73.5 Å². The van der Waals surface area contributed by atoms with Gasteiger partial charge in [-0.2, -0.15) is 5.26 Å². The van der Waals surface area contributed by atoms with E-state index < -0.39 is 0 Å². The monoisotopic (exact) mass is 467 g/mol. The number of unbranched alkanes of at least 4 members (excludes halogenated alkanes) is 1. The number of benzene rings is 3. The zero-order valence-corrected chi connectivity index (χ0v) is 20.1. The molecule has 0 spiro atoms. The maximum absolute atomic E-state index is 13.7. The van der Waals surface area contributed by atoms with Gasteiger partial charge < -0.3 is 0 Å². The fraction of sp³-hybridized carbons (Fsp3) is 0.207. The van der Waals surface area contributed by atoms with Crippen LogP contribution in [-0.2, 0) is 12.8 Å². The summed E-state index contributed by atoms with van der Waals surface area (Å²) in [6.07, 6.45) is 3.12. The van der Waals surface area contributed by atoms with E-state index in [1.165, 1.54) is 0 Å². The first kappa shape index (κ1) is 23.5. The maximum atomic E-state index is 13.7. The topological polar surface area (TPSA) is 58.7 Å². The Balaban J connectivity index is 1.81. The number of hydrogen-bond donors (Lipinski definition) is 0. The molecule has 0 aliphatic carbocycles. The number of rotatable bonds is 7. The minimum absolute atomic E-state index is 0.0912. The molecular formula is C29H26ClN3O. The van der Waals surface area contributed by atoms with Crippen LogP contribution in [0.15, 0.2) is 77.6 Å². The van der Waals surface area contributed by atoms with Crippen LogP contribution in [0.1, 0.15) is 48.0 Å². The third-order valence-electron chi connectivity index (χ3n) is 5.93. The normalized spacial score (nSPS) is 10.8. The standard InChI is InChI=1S/C29H26ClN3O/c1-3-4-13-28-27(29(34)33(20(2)32-28)25-12-8-11-24(30)18-25)17-21-14-15-26(23(16-21)19-31)22-9-6-5-7-10-22/h5-12,14-16,18H,3-4,13,17H2,1-2H3. The quantitative estimate of drug-likeness (QED) is 0.305. The number of aromatic nitrogens is 2. The molecule has 0 radical (unpaired) electrons. The average molecular weight is 468 g/mol. The van der Waals surface area contributed by atoms with E-state index in [0.29, 0.717) is 34.1 Å². The molecular weight excluding hydrogens is 442 g/mol. The summed E-state index contributed by atoms with van der Waals surface area (Å²) >= 11 is 6.20. The third-order valence-corrected chi connectivity index (χ3v) is 6.17. The molecule has 0 amide bonds. The van der Waals surface area contributed by atoms with Crippen LogP contribution in [0.2, 0.25) is 5.02 Å². The molecule has 1 heterocycles. The lowest BCUT2D eigenvalue weighted by atomic mass is 9.95. The van der Waals surface area contributed by atoms with E-state index in [1.807, 2.05) is 67.6 Å². The van der Waals surface area contributed by atoms with Crippen molar-refractivity contribution in [2.24, 2.45) is 0 Å². The summed E-state index contributed by atoms with van der Waals surface area (Å²) in [7, 11) is 0.